The summed E-state index contributed by atoms with van der Waals surface area (Å²) in [6.07, 6.45) is -47.7. The molecular weight excluding hydrogens is 746 g/mol. The summed E-state index contributed by atoms with van der Waals surface area (Å²) in [5, 5.41) is 0. The van der Waals surface area contributed by atoms with Crippen LogP contribution in [-0.2, 0) is 0 Å². The average molecular weight is 746 g/mol. The Balaban J connectivity index is 11.4. The van der Waals surface area contributed by atoms with E-state index in [2.05, 4.69) is 0 Å². The molecule has 0 nitrogen and oxygen atoms in total. The van der Waals surface area contributed by atoms with Crippen LogP contribution in [0.1, 0.15) is 0 Å². The number of hydrogen-bond donors (Lipinski definition) is 0. The predicted octanol–water partition coefficient (Wildman–Crippen LogP) is -24.5. The van der Waals surface area contributed by atoms with E-state index in [1.54, 1.807) is 0 Å². The van der Waals surface area contributed by atoms with Gasteiger partial charge in [-0.2, -0.15) is 0 Å². The minimum atomic E-state index is -1.63. The van der Waals surface area contributed by atoms with E-state index in [1.807, 2.05) is 0 Å². The Morgan fingerprint density at radius 3 is 0.343 bits per heavy atom. The zero-order valence-electron chi connectivity index (χ0n) is 38.5. The van der Waals surface area contributed by atoms with Crippen molar-refractivity contribution in [2.45, 2.75) is 0 Å². The summed E-state index contributed by atoms with van der Waals surface area (Å²) in [6.45, 7) is 0. The molecule has 0 heterocycles. The van der Waals surface area contributed by atoms with E-state index in [9.17, 15) is 0 Å². The molecule has 204 valence electrons. The standard InChI is InChI=1S/B66S/c1-35(2)52(36(3)4)60(51(33)34-67)64(59(49(29)30)50(31)32)66(63(57(45(21)22)46(23)24)58(47(25)26)48(27)28)65(61(53(37(5)6)38(7)8)54(39(9)10)40(11)12)62(55(41(13)14)42(15)16)56(43(17)18)44(19)20. The summed E-state index contributed by atoms with van der Waals surface area (Å²) in [5.41, 5.74) is 0. The Bertz CT molecular complexity index is 1120. The van der Waals surface area contributed by atoms with E-state index in [4.69, 9.17) is 267 Å². The molecule has 0 aliphatic rings. The first-order valence-corrected chi connectivity index (χ1v) is 22.4. The molecule has 0 aliphatic heterocycles. The molecule has 67 heavy (non-hydrogen) atoms. The number of rotatable bonds is 32. The second kappa shape index (κ2) is 33.1. The molecule has 0 fully saturated rings. The van der Waals surface area contributed by atoms with Crippen molar-refractivity contribution in [3.05, 3.63) is 0 Å². The van der Waals surface area contributed by atoms with Crippen molar-refractivity contribution in [1.82, 2.24) is 0 Å². The van der Waals surface area contributed by atoms with Gasteiger partial charge in [-0.3, -0.25) is 0 Å². The van der Waals surface area contributed by atoms with Crippen molar-refractivity contribution in [3.63, 3.8) is 0 Å². The van der Waals surface area contributed by atoms with Crippen LogP contribution >= 0.6 is 12.1 Å². The predicted molar refractivity (Wildman–Crippen MR) is 387 cm³/mol. The van der Waals surface area contributed by atoms with Crippen LogP contribution < -0.4 is 0 Å². The molecule has 0 aromatic heterocycles. The van der Waals surface area contributed by atoms with Gasteiger partial charge in [-0.25, -0.2) is 0 Å². The molecule has 0 N–H and O–H groups in total. The molecule has 0 bridgehead atoms. The van der Waals surface area contributed by atoms with Crippen molar-refractivity contribution in [3.8, 4) is 0 Å². The van der Waals surface area contributed by atoms with Gasteiger partial charge in [0.15, 0.2) is 0 Å². The van der Waals surface area contributed by atoms with Crippen LogP contribution in [0.5, 0.6) is 0 Å². The average Bonchev–Trinajstić information content (AvgIpc) is 3.11. The third-order valence-electron chi connectivity index (χ3n) is 13.9. The van der Waals surface area contributed by atoms with Crippen molar-refractivity contribution in [2.75, 3.05) is 0 Å². The maximum atomic E-state index is 7.08. The van der Waals surface area contributed by atoms with Gasteiger partial charge >= 0.3 is 478 Å². The summed E-state index contributed by atoms with van der Waals surface area (Å²) in [4.78, 5) is 0. The van der Waals surface area contributed by atoms with Crippen LogP contribution in [0.4, 0.5) is 0 Å². The van der Waals surface area contributed by atoms with Crippen molar-refractivity contribution in [2.24, 2.45) is 0 Å². The Morgan fingerprint density at radius 1 is 0.149 bits per heavy atom. The van der Waals surface area contributed by atoms with Gasteiger partial charge in [0.2, 0.25) is 0 Å². The van der Waals surface area contributed by atoms with Gasteiger partial charge in [0.1, 0.15) is 0 Å². The summed E-state index contributed by atoms with van der Waals surface area (Å²) in [6, 6.07) is 1.17. The fraction of sp³-hybridized carbons (Fsp3) is 0. The minimum absolute atomic E-state index is 1.17. The Kier molecular flexibility index (Phi) is 35.3. The molecule has 0 spiro atoms. The van der Waals surface area contributed by atoms with Crippen LogP contribution in [0.25, 0.3) is 0 Å². The third-order valence-corrected chi connectivity index (χ3v) is 14.2. The van der Waals surface area contributed by atoms with E-state index in [0.717, 1.165) is 0 Å². The molecule has 0 aliphatic carbocycles. The van der Waals surface area contributed by atoms with Gasteiger partial charge in [0.05, 0.1) is 0 Å². The zero-order chi connectivity index (χ0) is 53.2. The number of hydrogen-bond acceptors (Lipinski definition) is 1. The monoisotopic (exact) mass is 759 g/mol. The summed E-state index contributed by atoms with van der Waals surface area (Å²) < 4.78 is 0. The van der Waals surface area contributed by atoms with Crippen LogP contribution in [-0.4, -0.2) is 466 Å². The molecule has 0 unspecified atom stereocenters. The van der Waals surface area contributed by atoms with Gasteiger partial charge in [-0.15, -0.1) is 0 Å². The van der Waals surface area contributed by atoms with Gasteiger partial charge in [-0.05, 0) is 0 Å². The first kappa shape index (κ1) is 71.5. The molecule has 67 heteroatoms. The first-order valence-electron chi connectivity index (χ1n) is 21.9. The van der Waals surface area contributed by atoms with E-state index in [-0.39, 0.29) is 0 Å². The maximum absolute atomic E-state index is 7.08. The summed E-state index contributed by atoms with van der Waals surface area (Å²) in [5.74, 6) is 0. The molecule has 0 atom stereocenters. The van der Waals surface area contributed by atoms with E-state index in [1.165, 1.54) is 6.05 Å². The molecular formula is B66S. The van der Waals surface area contributed by atoms with Gasteiger partial charge in [0, 0.05) is 0 Å². The Hall–Kier alpha value is 4.51. The molecule has 0 saturated heterocycles. The van der Waals surface area contributed by atoms with Crippen molar-refractivity contribution >= 4 is 478 Å². The fourth-order valence-corrected chi connectivity index (χ4v) is 11.8. The first-order chi connectivity index (χ1) is 30.5. The quantitative estimate of drug-likeness (QED) is 0.0618. The molecule has 66 radical (unpaired) electrons. The summed E-state index contributed by atoms with van der Waals surface area (Å²) in [7, 11) is 221. The topological polar surface area (TPSA) is 0 Å². The van der Waals surface area contributed by atoms with Crippen LogP contribution in [0.3, 0.4) is 0 Å². The van der Waals surface area contributed by atoms with E-state index < -0.39 is 204 Å². The van der Waals surface area contributed by atoms with Crippen LogP contribution in [0, 0.1) is 0 Å². The van der Waals surface area contributed by atoms with Gasteiger partial charge in [0.25, 0.3) is 0 Å². The van der Waals surface area contributed by atoms with Crippen LogP contribution in [0.2, 0.25) is 0 Å². The second-order valence-corrected chi connectivity index (χ2v) is 18.9. The zero-order valence-corrected chi connectivity index (χ0v) is 39.3. The normalized spacial score (nSPS) is 9.67. The van der Waals surface area contributed by atoms with Crippen molar-refractivity contribution in [1.29, 1.82) is 0 Å². The van der Waals surface area contributed by atoms with E-state index in [0.29, 0.717) is 0 Å². The van der Waals surface area contributed by atoms with Gasteiger partial charge < -0.3 is 0 Å². The molecule has 0 aromatic rings. The van der Waals surface area contributed by atoms with Gasteiger partial charge in [-0.1, -0.05) is 0 Å². The molecule has 0 rings (SSSR count). The molecule has 0 saturated carbocycles. The fourth-order valence-electron chi connectivity index (χ4n) is 11.6. The molecule has 0 amide bonds. The van der Waals surface area contributed by atoms with E-state index >= 15 is 0 Å². The second-order valence-electron chi connectivity index (χ2n) is 18.6. The van der Waals surface area contributed by atoms with Crippen molar-refractivity contribution < 1.29 is 0 Å². The summed E-state index contributed by atoms with van der Waals surface area (Å²) >= 11 is 5.55. The van der Waals surface area contributed by atoms with Crippen LogP contribution in [0.15, 0.2) is 0 Å². The molecule has 0 aromatic carbocycles. The SMILES string of the molecule is [B]B([B])B(B([B])[B])B(B([B])B=S)B(B(B([B])[B])B([B])[B])B(B(B(B([B])[B])B([B])[B])B(B([B])[B])B([B])[B])B(B(B(B([B])[B])B([B])[B])B(B([B])[B])B([B])[B])B(B(B([B])[B])B([B])[B])B(B([B])[B])B([B])[B]. The third kappa shape index (κ3) is 19.4. The Morgan fingerprint density at radius 2 is 0.239 bits per heavy atom. The Labute approximate surface area is 473 Å².